The summed E-state index contributed by atoms with van der Waals surface area (Å²) in [6, 6.07) is 15.6. The molecular weight excluding hydrogens is 526 g/mol. The van der Waals surface area contributed by atoms with Crippen molar-refractivity contribution in [3.63, 3.8) is 0 Å². The van der Waals surface area contributed by atoms with Crippen molar-refractivity contribution in [3.05, 3.63) is 76.6 Å². The average molecular weight is 564 g/mol. The van der Waals surface area contributed by atoms with E-state index in [4.69, 9.17) is 9.47 Å². The molecule has 0 atom stereocenters. The average Bonchev–Trinajstić information content (AvgIpc) is 3.76. The molecule has 0 spiro atoms. The van der Waals surface area contributed by atoms with Crippen molar-refractivity contribution < 1.29 is 19.1 Å². The Morgan fingerprint density at radius 3 is 2.50 bits per heavy atom. The topological polar surface area (TPSA) is 97.7 Å². The molecule has 0 bridgehead atoms. The maximum atomic E-state index is 12.9. The largest absolute Gasteiger partial charge is 0.493 e. The van der Waals surface area contributed by atoms with Crippen LogP contribution >= 0.6 is 11.9 Å². The quantitative estimate of drug-likeness (QED) is 0.336. The number of piperidine rings is 1. The number of likely N-dealkylation sites (tertiary alicyclic amines) is 1. The van der Waals surface area contributed by atoms with Gasteiger partial charge in [0.05, 0.1) is 12.8 Å². The van der Waals surface area contributed by atoms with E-state index in [1.807, 2.05) is 59.7 Å². The summed E-state index contributed by atoms with van der Waals surface area (Å²) >= 11 is 1.64. The van der Waals surface area contributed by atoms with E-state index in [1.165, 1.54) is 0 Å². The molecule has 1 saturated carbocycles. The van der Waals surface area contributed by atoms with Gasteiger partial charge in [0.15, 0.2) is 11.5 Å². The first-order chi connectivity index (χ1) is 19.5. The molecule has 212 valence electrons. The van der Waals surface area contributed by atoms with Gasteiger partial charge in [-0.05, 0) is 61.8 Å². The molecule has 2 heterocycles. The van der Waals surface area contributed by atoms with E-state index in [9.17, 15) is 9.59 Å². The molecule has 1 aliphatic carbocycles. The van der Waals surface area contributed by atoms with Crippen molar-refractivity contribution in [3.8, 4) is 11.5 Å². The number of rotatable bonds is 11. The lowest BCUT2D eigenvalue weighted by molar-refractivity contribution is 0.0711. The van der Waals surface area contributed by atoms with E-state index in [2.05, 4.69) is 15.1 Å². The lowest BCUT2D eigenvalue weighted by Gasteiger charge is -2.32. The van der Waals surface area contributed by atoms with E-state index in [1.54, 1.807) is 30.8 Å². The molecule has 2 amide bonds. The maximum Gasteiger partial charge on any atom is 0.269 e. The Bertz CT molecular complexity index is 1330. The van der Waals surface area contributed by atoms with Crippen LogP contribution in [0.5, 0.6) is 11.5 Å². The third-order valence-corrected chi connectivity index (χ3v) is 8.06. The van der Waals surface area contributed by atoms with Crippen molar-refractivity contribution in [2.24, 2.45) is 7.05 Å². The third-order valence-electron chi connectivity index (χ3n) is 7.49. The molecule has 1 saturated heterocycles. The van der Waals surface area contributed by atoms with Crippen LogP contribution in [0.1, 0.15) is 69.3 Å². The van der Waals surface area contributed by atoms with Crippen molar-refractivity contribution >= 4 is 23.8 Å². The summed E-state index contributed by atoms with van der Waals surface area (Å²) in [5.41, 5.74) is 3.99. The summed E-state index contributed by atoms with van der Waals surface area (Å²) in [5, 5.41) is 7.47. The van der Waals surface area contributed by atoms with E-state index < -0.39 is 0 Å². The minimum atomic E-state index is -0.175. The Kier molecular flexibility index (Phi) is 8.96. The minimum Gasteiger partial charge on any atom is -0.493 e. The van der Waals surface area contributed by atoms with Crippen LogP contribution in [-0.2, 0) is 20.2 Å². The number of carbonyl (C=O) groups excluding carboxylic acids is 2. The Balaban J connectivity index is 1.16. The molecule has 1 aliphatic heterocycles. The first kappa shape index (κ1) is 28.0. The summed E-state index contributed by atoms with van der Waals surface area (Å²) in [6.07, 6.45) is 6.24. The SMILES string of the molecule is COc1c(CNC(=O)c2cc(C3CC3)nn2C)cccc1OCc1ccc(C(=O)N2CCC(NSC)CC2)cc1. The molecule has 9 nitrogen and oxygen atoms in total. The molecule has 0 unspecified atom stereocenters. The van der Waals surface area contributed by atoms with Gasteiger partial charge in [-0.15, -0.1) is 0 Å². The van der Waals surface area contributed by atoms with E-state index >= 15 is 0 Å². The molecule has 10 heteroatoms. The summed E-state index contributed by atoms with van der Waals surface area (Å²) in [6.45, 7) is 2.15. The number of hydrogen-bond acceptors (Lipinski definition) is 7. The summed E-state index contributed by atoms with van der Waals surface area (Å²) in [4.78, 5) is 27.7. The highest BCUT2D eigenvalue weighted by Crippen LogP contribution is 2.39. The van der Waals surface area contributed by atoms with Crippen LogP contribution in [0.25, 0.3) is 0 Å². The smallest absolute Gasteiger partial charge is 0.269 e. The monoisotopic (exact) mass is 563 g/mol. The number of methoxy groups -OCH3 is 1. The zero-order valence-corrected chi connectivity index (χ0v) is 24.1. The lowest BCUT2D eigenvalue weighted by Crippen LogP contribution is -2.43. The molecular formula is C30H37N5O4S. The highest BCUT2D eigenvalue weighted by Gasteiger charge is 2.28. The fraction of sp³-hybridized carbons (Fsp3) is 0.433. The van der Waals surface area contributed by atoms with Gasteiger partial charge in [-0.3, -0.25) is 19.0 Å². The molecule has 0 radical (unpaired) electrons. The molecule has 5 rings (SSSR count). The molecule has 1 aromatic heterocycles. The van der Waals surface area contributed by atoms with Gasteiger partial charge >= 0.3 is 0 Å². The predicted molar refractivity (Wildman–Crippen MR) is 156 cm³/mol. The number of ether oxygens (including phenoxy) is 2. The number of benzene rings is 2. The molecule has 40 heavy (non-hydrogen) atoms. The van der Waals surface area contributed by atoms with Crippen LogP contribution in [0.15, 0.2) is 48.5 Å². The minimum absolute atomic E-state index is 0.0707. The molecule has 2 aromatic carbocycles. The third kappa shape index (κ3) is 6.62. The van der Waals surface area contributed by atoms with Crippen LogP contribution in [0, 0.1) is 0 Å². The number of nitrogens with zero attached hydrogens (tertiary/aromatic N) is 3. The van der Waals surface area contributed by atoms with E-state index in [-0.39, 0.29) is 11.8 Å². The second-order valence-electron chi connectivity index (χ2n) is 10.4. The van der Waals surface area contributed by atoms with Crippen LogP contribution in [0.4, 0.5) is 0 Å². The van der Waals surface area contributed by atoms with Gasteiger partial charge in [-0.2, -0.15) is 5.10 Å². The van der Waals surface area contributed by atoms with Gasteiger partial charge in [-0.25, -0.2) is 0 Å². The zero-order valence-electron chi connectivity index (χ0n) is 23.3. The van der Waals surface area contributed by atoms with Crippen molar-refractivity contribution in [1.29, 1.82) is 0 Å². The van der Waals surface area contributed by atoms with Gasteiger partial charge in [0.2, 0.25) is 0 Å². The summed E-state index contributed by atoms with van der Waals surface area (Å²) in [5.74, 6) is 1.56. The Hall–Kier alpha value is -3.50. The van der Waals surface area contributed by atoms with Crippen molar-refractivity contribution in [1.82, 2.24) is 24.7 Å². The summed E-state index contributed by atoms with van der Waals surface area (Å²) in [7, 11) is 3.39. The normalized spacial score (nSPS) is 15.6. The number of aromatic nitrogens is 2. The number of carbonyl (C=O) groups is 2. The molecule has 2 aliphatic rings. The highest BCUT2D eigenvalue weighted by atomic mass is 32.2. The zero-order chi connectivity index (χ0) is 28.1. The van der Waals surface area contributed by atoms with E-state index in [0.29, 0.717) is 47.9 Å². The van der Waals surface area contributed by atoms with Crippen molar-refractivity contribution in [2.45, 2.75) is 50.8 Å². The molecule has 2 N–H and O–H groups in total. The van der Waals surface area contributed by atoms with Crippen LogP contribution in [0.3, 0.4) is 0 Å². The number of aryl methyl sites for hydroxylation is 1. The van der Waals surface area contributed by atoms with Gasteiger partial charge in [-0.1, -0.05) is 36.2 Å². The fourth-order valence-electron chi connectivity index (χ4n) is 5.05. The Labute approximate surface area is 239 Å². The van der Waals surface area contributed by atoms with E-state index in [0.717, 1.165) is 55.6 Å². The Morgan fingerprint density at radius 1 is 1.07 bits per heavy atom. The van der Waals surface area contributed by atoms with Gasteiger partial charge in [0, 0.05) is 49.8 Å². The van der Waals surface area contributed by atoms with Crippen LogP contribution in [0.2, 0.25) is 0 Å². The number of hydrogen-bond donors (Lipinski definition) is 2. The number of para-hydroxylation sites is 1. The van der Waals surface area contributed by atoms with Crippen LogP contribution in [-0.4, -0.2) is 59.0 Å². The lowest BCUT2D eigenvalue weighted by atomic mass is 10.0. The van der Waals surface area contributed by atoms with Gasteiger partial charge in [0.1, 0.15) is 12.3 Å². The van der Waals surface area contributed by atoms with Crippen molar-refractivity contribution in [2.75, 3.05) is 26.5 Å². The van der Waals surface area contributed by atoms with Gasteiger partial charge < -0.3 is 19.7 Å². The predicted octanol–water partition coefficient (Wildman–Crippen LogP) is 4.29. The van der Waals surface area contributed by atoms with Gasteiger partial charge in [0.25, 0.3) is 11.8 Å². The van der Waals surface area contributed by atoms with Crippen LogP contribution < -0.4 is 19.5 Å². The number of nitrogens with one attached hydrogen (secondary N) is 2. The molecule has 2 fully saturated rings. The second kappa shape index (κ2) is 12.8. The fourth-order valence-corrected chi connectivity index (χ4v) is 5.62. The summed E-state index contributed by atoms with van der Waals surface area (Å²) < 4.78 is 16.8. The maximum absolute atomic E-state index is 12.9. The Morgan fingerprint density at radius 2 is 1.82 bits per heavy atom. The second-order valence-corrected chi connectivity index (χ2v) is 11.0. The standard InChI is InChI=1S/C30H37N5O4S/c1-34-26(17-25(32-34)21-11-12-21)29(36)31-18-23-5-4-6-27(28(23)38-2)39-19-20-7-9-22(10-8-20)30(37)35-15-13-24(14-16-35)33-40-3/h4-10,17,21,24,33H,11-16,18-19H2,1-3H3,(H,31,36). The molecule has 3 aromatic rings. The first-order valence-corrected chi connectivity index (χ1v) is 15.0. The first-order valence-electron chi connectivity index (χ1n) is 13.7. The highest BCUT2D eigenvalue weighted by molar-refractivity contribution is 7.96. The number of amides is 2.